The van der Waals surface area contributed by atoms with Gasteiger partial charge >= 0.3 is 16.5 Å². The van der Waals surface area contributed by atoms with Gasteiger partial charge in [-0.2, -0.15) is 12.8 Å². The van der Waals surface area contributed by atoms with E-state index in [0.29, 0.717) is 18.4 Å². The minimum Gasteiger partial charge on any atom is -0.381 e. The molecular formula is C19H29N3O5S. The van der Waals surface area contributed by atoms with Crippen molar-refractivity contribution in [1.29, 1.82) is 0 Å². The van der Waals surface area contributed by atoms with Gasteiger partial charge in [-0.15, -0.1) is 0 Å². The Kier molecular flexibility index (Phi) is 11.0. The number of hydrogen-bond donors (Lipinski definition) is 2. The summed E-state index contributed by atoms with van der Waals surface area (Å²) >= 11 is 0. The van der Waals surface area contributed by atoms with E-state index in [-0.39, 0.29) is 12.0 Å². The van der Waals surface area contributed by atoms with Gasteiger partial charge < -0.3 is 10.1 Å². The van der Waals surface area contributed by atoms with Gasteiger partial charge in [0.25, 0.3) is 0 Å². The van der Waals surface area contributed by atoms with Crippen LogP contribution in [0.25, 0.3) is 0 Å². The van der Waals surface area contributed by atoms with E-state index >= 15 is 0 Å². The highest BCUT2D eigenvalue weighted by molar-refractivity contribution is 7.61. The number of carbonyl (C=O) groups is 2. The van der Waals surface area contributed by atoms with E-state index in [4.69, 9.17) is 4.74 Å². The van der Waals surface area contributed by atoms with Crippen molar-refractivity contribution in [3.05, 3.63) is 35.9 Å². The number of benzene rings is 1. The Morgan fingerprint density at radius 2 is 2.00 bits per heavy atom. The zero-order chi connectivity index (χ0) is 20.9. The summed E-state index contributed by atoms with van der Waals surface area (Å²) in [6, 6.07) is 9.52. The first kappa shape index (κ1) is 23.8. The van der Waals surface area contributed by atoms with Crippen LogP contribution in [0.1, 0.15) is 44.1 Å². The van der Waals surface area contributed by atoms with Crippen molar-refractivity contribution >= 4 is 22.9 Å². The fourth-order valence-electron chi connectivity index (χ4n) is 3.26. The third-order valence-electron chi connectivity index (χ3n) is 4.79. The molecule has 0 bridgehead atoms. The van der Waals surface area contributed by atoms with Crippen LogP contribution in [-0.4, -0.2) is 47.2 Å². The molecule has 0 aromatic heterocycles. The van der Waals surface area contributed by atoms with Crippen LogP contribution in [0, 0.1) is 5.92 Å². The Hall–Kier alpha value is -2.26. The summed E-state index contributed by atoms with van der Waals surface area (Å²) in [6.07, 6.45) is 4.73. The zero-order valence-electron chi connectivity index (χ0n) is 16.5. The molecule has 1 aromatic carbocycles. The van der Waals surface area contributed by atoms with Crippen LogP contribution in [-0.2, 0) is 20.0 Å². The molecule has 1 saturated carbocycles. The van der Waals surface area contributed by atoms with Crippen LogP contribution in [0.2, 0.25) is 0 Å². The van der Waals surface area contributed by atoms with Crippen molar-refractivity contribution in [3.8, 4) is 0 Å². The van der Waals surface area contributed by atoms with Crippen LogP contribution in [0.5, 0.6) is 0 Å². The summed E-state index contributed by atoms with van der Waals surface area (Å²) in [7, 11) is 0.861. The molecule has 156 valence electrons. The lowest BCUT2D eigenvalue weighted by Gasteiger charge is -2.12. The third kappa shape index (κ3) is 8.18. The zero-order valence-corrected chi connectivity index (χ0v) is 17.3. The molecule has 0 saturated heterocycles. The smallest absolute Gasteiger partial charge is 0.320 e. The average Bonchev–Trinajstić information content (AvgIpc) is 3.37. The van der Waals surface area contributed by atoms with Crippen molar-refractivity contribution in [2.24, 2.45) is 10.3 Å². The second-order valence-corrected chi connectivity index (χ2v) is 7.10. The number of urea groups is 1. The van der Waals surface area contributed by atoms with E-state index in [9.17, 15) is 18.0 Å². The normalized spacial score (nSPS) is 20.8. The number of ether oxygens (including phenoxy) is 1. The number of imide groups is 1. The molecule has 1 aromatic rings. The minimum atomic E-state index is -2.32. The molecule has 0 radical (unpaired) electrons. The van der Waals surface area contributed by atoms with Crippen LogP contribution < -0.4 is 10.6 Å². The molecule has 0 heterocycles. The Morgan fingerprint density at radius 3 is 2.46 bits per heavy atom. The lowest BCUT2D eigenvalue weighted by molar-refractivity contribution is -0.108. The molecule has 8 nitrogen and oxygen atoms in total. The summed E-state index contributed by atoms with van der Waals surface area (Å²) in [5.41, 5.74) is 1.19. The highest BCUT2D eigenvalue weighted by Gasteiger charge is 2.51. The van der Waals surface area contributed by atoms with E-state index in [0.717, 1.165) is 25.7 Å². The molecule has 28 heavy (non-hydrogen) atoms. The second kappa shape index (κ2) is 13.0. The van der Waals surface area contributed by atoms with Gasteiger partial charge in [0.1, 0.15) is 0 Å². The lowest BCUT2D eigenvalue weighted by Crippen LogP contribution is -2.31. The first-order valence-corrected chi connectivity index (χ1v) is 10.3. The van der Waals surface area contributed by atoms with Crippen molar-refractivity contribution in [3.63, 3.8) is 0 Å². The van der Waals surface area contributed by atoms with Crippen molar-refractivity contribution in [2.45, 2.75) is 50.7 Å². The van der Waals surface area contributed by atoms with Gasteiger partial charge in [0, 0.05) is 20.1 Å². The van der Waals surface area contributed by atoms with Gasteiger partial charge in [-0.25, -0.2) is 4.79 Å². The van der Waals surface area contributed by atoms with Crippen LogP contribution in [0.3, 0.4) is 0 Å². The predicted octanol–water partition coefficient (Wildman–Crippen LogP) is 2.50. The monoisotopic (exact) mass is 411 g/mol. The maximum atomic E-state index is 10.9. The topological polar surface area (TPSA) is 114 Å². The molecular weight excluding hydrogens is 382 g/mol. The fourth-order valence-corrected chi connectivity index (χ4v) is 3.75. The molecule has 1 fully saturated rings. The van der Waals surface area contributed by atoms with Gasteiger partial charge in [0.2, 0.25) is 6.41 Å². The Balaban J connectivity index is 0.000000480. The number of amides is 3. The molecule has 2 rings (SSSR count). The second-order valence-electron chi connectivity index (χ2n) is 6.45. The highest BCUT2D eigenvalue weighted by atomic mass is 32.2. The molecule has 9 heteroatoms. The van der Waals surface area contributed by atoms with Gasteiger partial charge in [-0.05, 0) is 30.7 Å². The van der Waals surface area contributed by atoms with Crippen molar-refractivity contribution in [2.75, 3.05) is 14.2 Å². The standard InChI is InChI=1S/C16H23NO3S.C3H6N2O2/c1-3-13(20-2)10-7-11-14-15(16(14)17-21(18)19)12-8-5-4-6-9-12;1-4-3(7)5-2-6/h4-6,8-9,13-16H,3,7,10-11H2,1-2H3;2H,1H3,(H2,4,5,6,7). The number of nitrogens with zero attached hydrogens (tertiary/aromatic N) is 1. The summed E-state index contributed by atoms with van der Waals surface area (Å²) in [5.74, 6) is 0.603. The number of carbonyl (C=O) groups excluding carboxylic acids is 2. The van der Waals surface area contributed by atoms with Crippen LogP contribution in [0.15, 0.2) is 34.7 Å². The molecule has 0 aliphatic heterocycles. The van der Waals surface area contributed by atoms with E-state index in [1.54, 1.807) is 7.11 Å². The SMILES string of the molecule is CCC(CCCC1C(N=S(=O)=O)C1c1ccccc1)OC.CNC(=O)NC=O. The van der Waals surface area contributed by atoms with Gasteiger partial charge in [-0.3, -0.25) is 10.1 Å². The number of nitrogens with one attached hydrogen (secondary N) is 2. The molecule has 1 aliphatic rings. The first-order chi connectivity index (χ1) is 13.5. The van der Waals surface area contributed by atoms with Gasteiger partial charge in [-0.1, -0.05) is 43.7 Å². The molecule has 1 aliphatic carbocycles. The molecule has 2 N–H and O–H groups in total. The Bertz CT molecular complexity index is 727. The van der Waals surface area contributed by atoms with E-state index in [1.165, 1.54) is 12.6 Å². The first-order valence-electron chi connectivity index (χ1n) is 9.28. The van der Waals surface area contributed by atoms with E-state index in [2.05, 4.69) is 28.7 Å². The minimum absolute atomic E-state index is 0.0756. The Morgan fingerprint density at radius 1 is 1.32 bits per heavy atom. The molecule has 0 spiro atoms. The number of rotatable bonds is 9. The van der Waals surface area contributed by atoms with E-state index in [1.807, 2.05) is 23.5 Å². The van der Waals surface area contributed by atoms with Crippen molar-refractivity contribution in [1.82, 2.24) is 10.6 Å². The summed E-state index contributed by atoms with van der Waals surface area (Å²) in [4.78, 5) is 19.4. The molecule has 3 amide bonds. The molecule has 4 unspecified atom stereocenters. The summed E-state index contributed by atoms with van der Waals surface area (Å²) in [6.45, 7) is 2.12. The Labute approximate surface area is 167 Å². The van der Waals surface area contributed by atoms with Crippen LogP contribution >= 0.6 is 0 Å². The van der Waals surface area contributed by atoms with Crippen LogP contribution in [0.4, 0.5) is 4.79 Å². The number of hydrogen-bond acceptors (Lipinski definition) is 6. The fraction of sp³-hybridized carbons (Fsp3) is 0.579. The lowest BCUT2D eigenvalue weighted by atomic mass is 10.0. The van der Waals surface area contributed by atoms with Crippen molar-refractivity contribution < 1.29 is 22.7 Å². The number of methoxy groups -OCH3 is 1. The van der Waals surface area contributed by atoms with E-state index < -0.39 is 16.5 Å². The highest BCUT2D eigenvalue weighted by Crippen LogP contribution is 2.52. The largest absolute Gasteiger partial charge is 0.381 e. The van der Waals surface area contributed by atoms with Gasteiger partial charge in [0.15, 0.2) is 0 Å². The average molecular weight is 412 g/mol. The predicted molar refractivity (Wildman–Crippen MR) is 106 cm³/mol. The summed E-state index contributed by atoms with van der Waals surface area (Å²) in [5, 5.41) is 4.05. The third-order valence-corrected chi connectivity index (χ3v) is 5.20. The maximum absolute atomic E-state index is 10.9. The maximum Gasteiger partial charge on any atom is 0.320 e. The summed E-state index contributed by atoms with van der Waals surface area (Å²) < 4.78 is 31.0. The quantitative estimate of drug-likeness (QED) is 0.606. The molecule has 4 atom stereocenters. The van der Waals surface area contributed by atoms with Gasteiger partial charge in [0.05, 0.1) is 12.1 Å².